The third-order valence-electron chi connectivity index (χ3n) is 5.90. The molecule has 5 nitrogen and oxygen atoms in total. The third-order valence-corrected chi connectivity index (χ3v) is 6.63. The van der Waals surface area contributed by atoms with Crippen LogP contribution < -0.4 is 9.21 Å². The number of nitrogens with zero attached hydrogens (tertiary/aromatic N) is 3. The lowest BCUT2D eigenvalue weighted by atomic mass is 10.0. The summed E-state index contributed by atoms with van der Waals surface area (Å²) in [6.07, 6.45) is 3.29. The summed E-state index contributed by atoms with van der Waals surface area (Å²) in [6.45, 7) is 6.54. The van der Waals surface area contributed by atoms with Crippen molar-refractivity contribution in [1.82, 2.24) is 4.90 Å². The fourth-order valence-corrected chi connectivity index (χ4v) is 4.95. The lowest BCUT2D eigenvalue weighted by Gasteiger charge is -2.38. The normalized spacial score (nSPS) is 18.9. The first-order valence-corrected chi connectivity index (χ1v) is 10.9. The number of hydrogen-bond donors (Lipinski definition) is 1. The Hall–Kier alpha value is -1.96. The van der Waals surface area contributed by atoms with Crippen molar-refractivity contribution in [2.75, 3.05) is 35.4 Å². The molecule has 1 saturated heterocycles. The maximum atomic E-state index is 13.3. The van der Waals surface area contributed by atoms with Crippen LogP contribution in [0.3, 0.4) is 0 Å². The van der Waals surface area contributed by atoms with E-state index in [-0.39, 0.29) is 5.82 Å². The van der Waals surface area contributed by atoms with Gasteiger partial charge >= 0.3 is 0 Å². The summed E-state index contributed by atoms with van der Waals surface area (Å²) >= 11 is -2.24. The first-order chi connectivity index (χ1) is 13.6. The Morgan fingerprint density at radius 3 is 2.43 bits per heavy atom. The summed E-state index contributed by atoms with van der Waals surface area (Å²) in [5.41, 5.74) is 3.57. The highest BCUT2D eigenvalue weighted by atomic mass is 32.2. The molecule has 2 aliphatic heterocycles. The molecule has 7 heteroatoms. The van der Waals surface area contributed by atoms with Crippen molar-refractivity contribution in [3.63, 3.8) is 0 Å². The van der Waals surface area contributed by atoms with Crippen LogP contribution in [0.2, 0.25) is 0 Å². The molecule has 28 heavy (non-hydrogen) atoms. The van der Waals surface area contributed by atoms with E-state index in [1.165, 1.54) is 34.1 Å². The number of fused-ring (bicyclic) bond motifs is 1. The Labute approximate surface area is 168 Å². The van der Waals surface area contributed by atoms with Gasteiger partial charge in [0.25, 0.3) is 11.3 Å². The van der Waals surface area contributed by atoms with E-state index in [4.69, 9.17) is 0 Å². The van der Waals surface area contributed by atoms with E-state index in [1.54, 1.807) is 0 Å². The van der Waals surface area contributed by atoms with Crippen LogP contribution in [0.1, 0.15) is 25.3 Å². The SMILES string of the molecule is CCN1CCC(N2CCc3ccc(N(c4ccc(F)cc4)S(=O)O)cc32)CC1. The zero-order valence-electron chi connectivity index (χ0n) is 16.1. The Kier molecular flexibility index (Phi) is 5.66. The molecule has 2 aromatic carbocycles. The van der Waals surface area contributed by atoms with Crippen LogP contribution in [-0.4, -0.2) is 45.9 Å². The molecule has 0 bridgehead atoms. The van der Waals surface area contributed by atoms with Crippen molar-refractivity contribution in [2.24, 2.45) is 0 Å². The van der Waals surface area contributed by atoms with Crippen LogP contribution in [-0.2, 0) is 17.7 Å². The fraction of sp³-hybridized carbons (Fsp3) is 0.429. The van der Waals surface area contributed by atoms with Gasteiger partial charge in [0.05, 0.1) is 11.4 Å². The summed E-state index contributed by atoms with van der Waals surface area (Å²) < 4.78 is 36.6. The molecule has 0 amide bonds. The molecule has 1 atom stereocenters. The van der Waals surface area contributed by atoms with E-state index in [2.05, 4.69) is 22.8 Å². The lowest BCUT2D eigenvalue weighted by Crippen LogP contribution is -2.44. The molecule has 2 heterocycles. The van der Waals surface area contributed by atoms with Crippen molar-refractivity contribution in [1.29, 1.82) is 0 Å². The van der Waals surface area contributed by atoms with Gasteiger partial charge in [-0.25, -0.2) is 12.9 Å². The van der Waals surface area contributed by atoms with Gasteiger partial charge in [0.15, 0.2) is 0 Å². The topological polar surface area (TPSA) is 47.0 Å². The van der Waals surface area contributed by atoms with E-state index in [1.807, 2.05) is 12.1 Å². The smallest absolute Gasteiger partial charge is 0.266 e. The Morgan fingerprint density at radius 2 is 1.79 bits per heavy atom. The fourth-order valence-electron chi connectivity index (χ4n) is 4.35. The Morgan fingerprint density at radius 1 is 1.11 bits per heavy atom. The highest BCUT2D eigenvalue weighted by Crippen LogP contribution is 2.37. The molecule has 150 valence electrons. The minimum Gasteiger partial charge on any atom is -0.368 e. The van der Waals surface area contributed by atoms with Gasteiger partial charge in [0, 0.05) is 31.4 Å². The predicted octanol–water partition coefficient (Wildman–Crippen LogP) is 3.95. The van der Waals surface area contributed by atoms with Gasteiger partial charge in [0.1, 0.15) is 5.82 Å². The number of piperidine rings is 1. The minimum atomic E-state index is -2.24. The number of benzene rings is 2. The monoisotopic (exact) mass is 403 g/mol. The number of hydrogen-bond acceptors (Lipinski definition) is 3. The maximum absolute atomic E-state index is 13.3. The summed E-state index contributed by atoms with van der Waals surface area (Å²) in [5, 5.41) is 0. The highest BCUT2D eigenvalue weighted by molar-refractivity contribution is 7.81. The third kappa shape index (κ3) is 3.79. The van der Waals surface area contributed by atoms with Gasteiger partial charge in [-0.05, 0) is 67.8 Å². The van der Waals surface area contributed by atoms with Crippen LogP contribution in [0.4, 0.5) is 21.5 Å². The van der Waals surface area contributed by atoms with Crippen LogP contribution >= 0.6 is 0 Å². The molecule has 1 N–H and O–H groups in total. The highest BCUT2D eigenvalue weighted by Gasteiger charge is 2.30. The van der Waals surface area contributed by atoms with Crippen LogP contribution in [0, 0.1) is 5.82 Å². The zero-order valence-corrected chi connectivity index (χ0v) is 16.9. The first-order valence-electron chi connectivity index (χ1n) is 9.85. The molecule has 0 aliphatic carbocycles. The van der Waals surface area contributed by atoms with Gasteiger partial charge in [-0.1, -0.05) is 13.0 Å². The van der Waals surface area contributed by atoms with Gasteiger partial charge < -0.3 is 9.80 Å². The number of halogens is 1. The molecule has 1 unspecified atom stereocenters. The maximum Gasteiger partial charge on any atom is 0.266 e. The Balaban J connectivity index is 1.62. The van der Waals surface area contributed by atoms with Gasteiger partial charge in [-0.2, -0.15) is 0 Å². The Bertz CT molecular complexity index is 853. The summed E-state index contributed by atoms with van der Waals surface area (Å²) in [4.78, 5) is 4.95. The summed E-state index contributed by atoms with van der Waals surface area (Å²) in [6, 6.07) is 12.1. The predicted molar refractivity (Wildman–Crippen MR) is 112 cm³/mol. The molecular weight excluding hydrogens is 377 g/mol. The van der Waals surface area contributed by atoms with Crippen molar-refractivity contribution in [2.45, 2.75) is 32.2 Å². The van der Waals surface area contributed by atoms with E-state index in [0.29, 0.717) is 17.4 Å². The largest absolute Gasteiger partial charge is 0.368 e. The van der Waals surface area contributed by atoms with Crippen molar-refractivity contribution in [3.05, 3.63) is 53.8 Å². The van der Waals surface area contributed by atoms with Gasteiger partial charge in [-0.15, -0.1) is 0 Å². The van der Waals surface area contributed by atoms with Gasteiger partial charge in [-0.3, -0.25) is 4.55 Å². The van der Waals surface area contributed by atoms with Crippen LogP contribution in [0.5, 0.6) is 0 Å². The van der Waals surface area contributed by atoms with Crippen LogP contribution in [0.15, 0.2) is 42.5 Å². The number of rotatable bonds is 5. The quantitative estimate of drug-likeness (QED) is 0.768. The molecule has 2 aromatic rings. The zero-order chi connectivity index (χ0) is 19.7. The van der Waals surface area contributed by atoms with Crippen molar-refractivity contribution in [3.8, 4) is 0 Å². The van der Waals surface area contributed by atoms with Gasteiger partial charge in [0.2, 0.25) is 0 Å². The molecule has 0 spiro atoms. The number of likely N-dealkylation sites (tertiary alicyclic amines) is 1. The minimum absolute atomic E-state index is 0.369. The summed E-state index contributed by atoms with van der Waals surface area (Å²) in [7, 11) is 0. The second-order valence-corrected chi connectivity index (χ2v) is 8.25. The molecular formula is C21H26FN3O2S. The summed E-state index contributed by atoms with van der Waals surface area (Å²) in [5.74, 6) is -0.369. The van der Waals surface area contributed by atoms with Crippen molar-refractivity contribution >= 4 is 28.3 Å². The lowest BCUT2D eigenvalue weighted by molar-refractivity contribution is 0.219. The molecule has 4 rings (SSSR count). The molecule has 2 aliphatic rings. The standard InChI is InChI=1S/C21H26FN3O2S/c1-2-23-12-10-18(11-13-23)24-14-9-16-3-6-20(15-21(16)24)25(28(26)27)19-7-4-17(22)5-8-19/h3-8,15,18H,2,9-14H2,1H3,(H,26,27). The van der Waals surface area contributed by atoms with E-state index >= 15 is 0 Å². The molecule has 1 fully saturated rings. The van der Waals surface area contributed by atoms with E-state index < -0.39 is 11.3 Å². The second-order valence-electron chi connectivity index (χ2n) is 7.42. The average molecular weight is 404 g/mol. The molecule has 0 saturated carbocycles. The van der Waals surface area contributed by atoms with Crippen molar-refractivity contribution < 1.29 is 13.2 Å². The second kappa shape index (κ2) is 8.19. The van der Waals surface area contributed by atoms with E-state index in [0.717, 1.165) is 51.1 Å². The molecule has 0 radical (unpaired) electrons. The van der Waals surface area contributed by atoms with Crippen LogP contribution in [0.25, 0.3) is 0 Å². The average Bonchev–Trinajstić information content (AvgIpc) is 3.13. The first kappa shape index (κ1) is 19.4. The number of anilines is 3. The molecule has 0 aromatic heterocycles. The van der Waals surface area contributed by atoms with E-state index in [9.17, 15) is 13.2 Å².